The molecule has 2 N–H and O–H groups in total. The number of hydrogen-bond acceptors (Lipinski definition) is 3. The van der Waals surface area contributed by atoms with Crippen LogP contribution in [0.4, 0.5) is 8.78 Å². The van der Waals surface area contributed by atoms with Gasteiger partial charge in [0.2, 0.25) is 0 Å². The lowest BCUT2D eigenvalue weighted by Gasteiger charge is -2.39. The molecular weight excluding hydrogens is 236 g/mol. The fourth-order valence-corrected chi connectivity index (χ4v) is 2.57. The number of nitrogens with zero attached hydrogens (tertiary/aromatic N) is 2. The van der Waals surface area contributed by atoms with E-state index < -0.39 is 17.2 Å². The Hall–Kier alpha value is -1.65. The minimum absolute atomic E-state index is 0.104. The van der Waals surface area contributed by atoms with Gasteiger partial charge in [0.05, 0.1) is 12.1 Å². The molecule has 98 valence electrons. The second-order valence-electron chi connectivity index (χ2n) is 5.07. The highest BCUT2D eigenvalue weighted by Gasteiger charge is 2.41. The minimum atomic E-state index is -0.596. The molecule has 1 aliphatic heterocycles. The Bertz CT molecular complexity index is 479. The first-order chi connectivity index (χ1) is 8.34. The Kier molecular flexibility index (Phi) is 3.00. The Balaban J connectivity index is 2.48. The molecule has 0 saturated heterocycles. The maximum atomic E-state index is 13.3. The van der Waals surface area contributed by atoms with E-state index in [0.717, 1.165) is 6.07 Å². The summed E-state index contributed by atoms with van der Waals surface area (Å²) in [5.74, 6) is -0.752. The second-order valence-corrected chi connectivity index (χ2v) is 5.07. The SMILES string of the molecule is CC(C)N1C(N)=NCC1(C)c1cc(F)cc(F)c1. The van der Waals surface area contributed by atoms with Crippen LogP contribution in [0.1, 0.15) is 26.3 Å². The molecule has 1 aromatic carbocycles. The average Bonchev–Trinajstić information content (AvgIpc) is 2.54. The fourth-order valence-electron chi connectivity index (χ4n) is 2.57. The Morgan fingerprint density at radius 1 is 1.28 bits per heavy atom. The Morgan fingerprint density at radius 2 is 1.83 bits per heavy atom. The molecule has 0 radical (unpaired) electrons. The van der Waals surface area contributed by atoms with Crippen LogP contribution < -0.4 is 5.73 Å². The highest BCUT2D eigenvalue weighted by Crippen LogP contribution is 2.34. The van der Waals surface area contributed by atoms with E-state index in [1.165, 1.54) is 12.1 Å². The van der Waals surface area contributed by atoms with Crippen LogP contribution in [0.2, 0.25) is 0 Å². The van der Waals surface area contributed by atoms with Crippen molar-refractivity contribution in [3.05, 3.63) is 35.4 Å². The van der Waals surface area contributed by atoms with Gasteiger partial charge in [-0.05, 0) is 38.5 Å². The molecule has 0 aromatic heterocycles. The number of halogens is 2. The van der Waals surface area contributed by atoms with Crippen LogP contribution in [0.5, 0.6) is 0 Å². The Labute approximate surface area is 105 Å². The summed E-state index contributed by atoms with van der Waals surface area (Å²) in [5.41, 5.74) is 5.81. The standard InChI is InChI=1S/C13H17F2N3/c1-8(2)18-12(16)17-7-13(18,3)9-4-10(14)6-11(15)5-9/h4-6,8H,7H2,1-3H3,(H2,16,17). The summed E-state index contributed by atoms with van der Waals surface area (Å²) in [6.45, 7) is 6.24. The molecule has 0 saturated carbocycles. The summed E-state index contributed by atoms with van der Waals surface area (Å²) in [6.07, 6.45) is 0. The lowest BCUT2D eigenvalue weighted by atomic mass is 9.90. The fraction of sp³-hybridized carbons (Fsp3) is 0.462. The van der Waals surface area contributed by atoms with E-state index in [0.29, 0.717) is 18.1 Å². The van der Waals surface area contributed by atoms with Gasteiger partial charge in [-0.3, -0.25) is 4.99 Å². The summed E-state index contributed by atoms with van der Waals surface area (Å²) in [7, 11) is 0. The van der Waals surface area contributed by atoms with Crippen molar-refractivity contribution < 1.29 is 8.78 Å². The van der Waals surface area contributed by atoms with Crippen LogP contribution in [0.15, 0.2) is 23.2 Å². The summed E-state index contributed by atoms with van der Waals surface area (Å²) in [6, 6.07) is 3.65. The molecule has 3 nitrogen and oxygen atoms in total. The predicted molar refractivity (Wildman–Crippen MR) is 67.2 cm³/mol. The van der Waals surface area contributed by atoms with Gasteiger partial charge in [-0.1, -0.05) is 0 Å². The zero-order valence-electron chi connectivity index (χ0n) is 10.7. The van der Waals surface area contributed by atoms with Crippen LogP contribution in [-0.2, 0) is 5.54 Å². The highest BCUT2D eigenvalue weighted by atomic mass is 19.1. The van der Waals surface area contributed by atoms with Gasteiger partial charge < -0.3 is 10.6 Å². The lowest BCUT2D eigenvalue weighted by molar-refractivity contribution is 0.184. The van der Waals surface area contributed by atoms with Gasteiger partial charge in [0.25, 0.3) is 0 Å². The van der Waals surface area contributed by atoms with E-state index in [1.807, 2.05) is 25.7 Å². The van der Waals surface area contributed by atoms with E-state index in [1.54, 1.807) is 0 Å². The first-order valence-corrected chi connectivity index (χ1v) is 5.90. The average molecular weight is 253 g/mol. The minimum Gasteiger partial charge on any atom is -0.370 e. The van der Waals surface area contributed by atoms with Crippen molar-refractivity contribution in [1.82, 2.24) is 4.90 Å². The van der Waals surface area contributed by atoms with Crippen molar-refractivity contribution in [2.75, 3.05) is 6.54 Å². The second kappa shape index (κ2) is 4.23. The van der Waals surface area contributed by atoms with Crippen LogP contribution in [0.3, 0.4) is 0 Å². The maximum Gasteiger partial charge on any atom is 0.192 e. The molecule has 1 aliphatic rings. The molecule has 1 atom stereocenters. The summed E-state index contributed by atoms with van der Waals surface area (Å²) >= 11 is 0. The number of hydrogen-bond donors (Lipinski definition) is 1. The van der Waals surface area contributed by atoms with Gasteiger partial charge in [-0.25, -0.2) is 8.78 Å². The van der Waals surface area contributed by atoms with Crippen molar-refractivity contribution in [3.63, 3.8) is 0 Å². The molecule has 0 fully saturated rings. The lowest BCUT2D eigenvalue weighted by Crippen LogP contribution is -2.51. The molecule has 5 heteroatoms. The quantitative estimate of drug-likeness (QED) is 0.878. The van der Waals surface area contributed by atoms with Crippen molar-refractivity contribution in [2.45, 2.75) is 32.4 Å². The van der Waals surface area contributed by atoms with Gasteiger partial charge in [0.15, 0.2) is 5.96 Å². The van der Waals surface area contributed by atoms with Gasteiger partial charge in [0, 0.05) is 12.1 Å². The molecule has 18 heavy (non-hydrogen) atoms. The molecule has 1 aromatic rings. The number of nitrogens with two attached hydrogens (primary N) is 1. The molecule has 0 amide bonds. The summed E-state index contributed by atoms with van der Waals surface area (Å²) in [4.78, 5) is 6.09. The highest BCUT2D eigenvalue weighted by molar-refractivity contribution is 5.81. The van der Waals surface area contributed by atoms with E-state index in [-0.39, 0.29) is 6.04 Å². The zero-order chi connectivity index (χ0) is 13.5. The number of benzene rings is 1. The number of guanidine groups is 1. The van der Waals surface area contributed by atoms with Crippen molar-refractivity contribution in [2.24, 2.45) is 10.7 Å². The smallest absolute Gasteiger partial charge is 0.192 e. The largest absolute Gasteiger partial charge is 0.370 e. The maximum absolute atomic E-state index is 13.3. The third kappa shape index (κ3) is 1.94. The van der Waals surface area contributed by atoms with Gasteiger partial charge in [0.1, 0.15) is 11.6 Å². The van der Waals surface area contributed by atoms with Crippen LogP contribution in [-0.4, -0.2) is 23.4 Å². The van der Waals surface area contributed by atoms with E-state index in [9.17, 15) is 8.78 Å². The number of aliphatic imine (C=N–C) groups is 1. The predicted octanol–water partition coefficient (Wildman–Crippen LogP) is 2.22. The first kappa shape index (κ1) is 12.8. The summed E-state index contributed by atoms with van der Waals surface area (Å²) < 4.78 is 26.7. The molecule has 0 bridgehead atoms. The summed E-state index contributed by atoms with van der Waals surface area (Å²) in [5, 5.41) is 0. The van der Waals surface area contributed by atoms with Crippen LogP contribution in [0.25, 0.3) is 0 Å². The van der Waals surface area contributed by atoms with Crippen molar-refractivity contribution >= 4 is 5.96 Å². The van der Waals surface area contributed by atoms with Gasteiger partial charge >= 0.3 is 0 Å². The Morgan fingerprint density at radius 3 is 2.33 bits per heavy atom. The van der Waals surface area contributed by atoms with Gasteiger partial charge in [-0.15, -0.1) is 0 Å². The van der Waals surface area contributed by atoms with Crippen molar-refractivity contribution in [1.29, 1.82) is 0 Å². The normalized spacial score (nSPS) is 23.7. The molecular formula is C13H17F2N3. The molecule has 1 unspecified atom stereocenters. The molecule has 0 aliphatic carbocycles. The van der Waals surface area contributed by atoms with E-state index in [4.69, 9.17) is 5.73 Å². The third-order valence-corrected chi connectivity index (χ3v) is 3.33. The topological polar surface area (TPSA) is 41.6 Å². The van der Waals surface area contributed by atoms with Crippen molar-refractivity contribution in [3.8, 4) is 0 Å². The first-order valence-electron chi connectivity index (χ1n) is 5.90. The zero-order valence-corrected chi connectivity index (χ0v) is 10.7. The number of rotatable bonds is 2. The van der Waals surface area contributed by atoms with Crippen LogP contribution >= 0.6 is 0 Å². The molecule has 2 rings (SSSR count). The van der Waals surface area contributed by atoms with Crippen LogP contribution in [0, 0.1) is 11.6 Å². The molecule has 0 spiro atoms. The van der Waals surface area contributed by atoms with E-state index in [2.05, 4.69) is 4.99 Å². The third-order valence-electron chi connectivity index (χ3n) is 3.33. The molecule has 1 heterocycles. The van der Waals surface area contributed by atoms with Gasteiger partial charge in [-0.2, -0.15) is 0 Å². The van der Waals surface area contributed by atoms with E-state index >= 15 is 0 Å². The monoisotopic (exact) mass is 253 g/mol.